The van der Waals surface area contributed by atoms with Gasteiger partial charge in [-0.05, 0) is 43.7 Å². The fourth-order valence-corrected chi connectivity index (χ4v) is 3.48. The molecule has 1 aliphatic heterocycles. The maximum atomic E-state index is 12.6. The summed E-state index contributed by atoms with van der Waals surface area (Å²) in [5.41, 5.74) is 2.91. The van der Waals surface area contributed by atoms with E-state index < -0.39 is 4.92 Å². The molecule has 0 fully saturated rings. The zero-order valence-electron chi connectivity index (χ0n) is 17.3. The molecule has 1 aliphatic rings. The molecule has 0 radical (unpaired) electrons. The van der Waals surface area contributed by atoms with Gasteiger partial charge in [-0.1, -0.05) is 12.1 Å². The third-order valence-electron chi connectivity index (χ3n) is 5.08. The number of nitro groups is 1. The van der Waals surface area contributed by atoms with E-state index in [1.807, 2.05) is 12.1 Å². The Morgan fingerprint density at radius 3 is 2.52 bits per heavy atom. The van der Waals surface area contributed by atoms with E-state index in [1.54, 1.807) is 48.9 Å². The minimum absolute atomic E-state index is 0.0335. The van der Waals surface area contributed by atoms with Crippen molar-refractivity contribution < 1.29 is 19.2 Å². The predicted molar refractivity (Wildman–Crippen MR) is 114 cm³/mol. The van der Waals surface area contributed by atoms with Gasteiger partial charge < -0.3 is 14.8 Å². The van der Waals surface area contributed by atoms with E-state index in [0.29, 0.717) is 53.9 Å². The molecule has 0 bridgehead atoms. The summed E-state index contributed by atoms with van der Waals surface area (Å²) >= 11 is 0. The van der Waals surface area contributed by atoms with E-state index in [2.05, 4.69) is 10.4 Å². The van der Waals surface area contributed by atoms with E-state index >= 15 is 0 Å². The van der Waals surface area contributed by atoms with Gasteiger partial charge in [-0.25, -0.2) is 0 Å². The maximum absolute atomic E-state index is 12.6. The zero-order chi connectivity index (χ0) is 22.0. The van der Waals surface area contributed by atoms with Crippen molar-refractivity contribution in [2.45, 2.75) is 26.8 Å². The van der Waals surface area contributed by atoms with Crippen molar-refractivity contribution in [2.24, 2.45) is 0 Å². The second-order valence-electron chi connectivity index (χ2n) is 7.30. The monoisotopic (exact) mass is 422 g/mol. The number of benzene rings is 2. The number of hydrogen-bond donors (Lipinski definition) is 1. The fraction of sp³-hybridized carbons (Fsp3) is 0.273. The first-order chi connectivity index (χ1) is 14.9. The van der Waals surface area contributed by atoms with Crippen LogP contribution in [0.4, 0.5) is 11.4 Å². The van der Waals surface area contributed by atoms with Gasteiger partial charge in [0.25, 0.3) is 5.91 Å². The first-order valence-electron chi connectivity index (χ1n) is 9.90. The second kappa shape index (κ2) is 8.47. The Hall–Kier alpha value is -3.88. The number of amides is 1. The molecular formula is C22H22N4O5. The maximum Gasteiger partial charge on any atom is 0.312 e. The molecule has 0 spiro atoms. The summed E-state index contributed by atoms with van der Waals surface area (Å²) in [6.07, 6.45) is 0.813. The number of fused-ring (bicyclic) bond motifs is 1. The number of nitrogens with one attached hydrogen (secondary N) is 1. The van der Waals surface area contributed by atoms with Crippen molar-refractivity contribution in [1.29, 1.82) is 0 Å². The normalized spacial score (nSPS) is 12.8. The summed E-state index contributed by atoms with van der Waals surface area (Å²) in [6.45, 7) is 4.86. The molecule has 0 unspecified atom stereocenters. The lowest BCUT2D eigenvalue weighted by atomic mass is 10.1. The number of aryl methyl sites for hydroxylation is 1. The number of carbonyl (C=O) groups excluding carboxylic acids is 1. The highest BCUT2D eigenvalue weighted by Gasteiger charge is 2.21. The molecule has 0 atom stereocenters. The van der Waals surface area contributed by atoms with Crippen LogP contribution in [0.2, 0.25) is 0 Å². The van der Waals surface area contributed by atoms with Gasteiger partial charge in [-0.15, -0.1) is 0 Å². The van der Waals surface area contributed by atoms with Crippen LogP contribution in [0.15, 0.2) is 42.5 Å². The molecule has 0 saturated carbocycles. The van der Waals surface area contributed by atoms with Crippen LogP contribution in [0.5, 0.6) is 11.5 Å². The summed E-state index contributed by atoms with van der Waals surface area (Å²) in [4.78, 5) is 23.4. The fourth-order valence-electron chi connectivity index (χ4n) is 3.48. The van der Waals surface area contributed by atoms with Gasteiger partial charge >= 0.3 is 5.69 Å². The standard InChI is InChI=1S/C22H22N4O5/c1-14-21(26(28)29)15(2)25(24-14)13-16-4-6-17(7-5-16)22(27)23-18-8-9-19-20(12-18)31-11-3-10-30-19/h4-9,12H,3,10-11,13H2,1-2H3,(H,23,27). The molecule has 31 heavy (non-hydrogen) atoms. The van der Waals surface area contributed by atoms with Crippen LogP contribution < -0.4 is 14.8 Å². The minimum Gasteiger partial charge on any atom is -0.490 e. The summed E-state index contributed by atoms with van der Waals surface area (Å²) in [7, 11) is 0. The first-order valence-corrected chi connectivity index (χ1v) is 9.90. The highest BCUT2D eigenvalue weighted by atomic mass is 16.6. The van der Waals surface area contributed by atoms with E-state index in [-0.39, 0.29) is 11.6 Å². The molecular weight excluding hydrogens is 400 g/mol. The molecule has 1 aromatic heterocycles. The van der Waals surface area contributed by atoms with Gasteiger partial charge in [0.2, 0.25) is 0 Å². The predicted octanol–water partition coefficient (Wildman–Crippen LogP) is 3.87. The van der Waals surface area contributed by atoms with Crippen LogP contribution in [0.3, 0.4) is 0 Å². The van der Waals surface area contributed by atoms with Crippen molar-refractivity contribution in [3.63, 3.8) is 0 Å². The van der Waals surface area contributed by atoms with Crippen molar-refractivity contribution in [3.8, 4) is 11.5 Å². The van der Waals surface area contributed by atoms with Crippen LogP contribution >= 0.6 is 0 Å². The largest absolute Gasteiger partial charge is 0.490 e. The molecule has 0 aliphatic carbocycles. The number of nitrogens with zero attached hydrogens (tertiary/aromatic N) is 3. The topological polar surface area (TPSA) is 109 Å². The number of aromatic nitrogens is 2. The van der Waals surface area contributed by atoms with E-state index in [1.165, 1.54) is 0 Å². The molecule has 9 heteroatoms. The van der Waals surface area contributed by atoms with Crippen molar-refractivity contribution in [2.75, 3.05) is 18.5 Å². The second-order valence-corrected chi connectivity index (χ2v) is 7.30. The first kappa shape index (κ1) is 20.4. The number of rotatable bonds is 5. The van der Waals surface area contributed by atoms with Gasteiger partial charge in [0.1, 0.15) is 11.4 Å². The lowest BCUT2D eigenvalue weighted by Gasteiger charge is -2.11. The highest BCUT2D eigenvalue weighted by molar-refractivity contribution is 6.04. The van der Waals surface area contributed by atoms with Gasteiger partial charge in [0.15, 0.2) is 11.5 Å². The summed E-state index contributed by atoms with van der Waals surface area (Å²) in [5, 5.41) is 18.3. The van der Waals surface area contributed by atoms with Crippen LogP contribution in [0.25, 0.3) is 0 Å². The van der Waals surface area contributed by atoms with Crippen LogP contribution in [-0.2, 0) is 6.54 Å². The lowest BCUT2D eigenvalue weighted by molar-refractivity contribution is -0.386. The Morgan fingerprint density at radius 2 is 1.84 bits per heavy atom. The Morgan fingerprint density at radius 1 is 1.13 bits per heavy atom. The van der Waals surface area contributed by atoms with Gasteiger partial charge in [0.05, 0.1) is 24.7 Å². The smallest absolute Gasteiger partial charge is 0.312 e. The van der Waals surface area contributed by atoms with Crippen molar-refractivity contribution >= 4 is 17.3 Å². The quantitative estimate of drug-likeness (QED) is 0.494. The number of hydrogen-bond acceptors (Lipinski definition) is 6. The van der Waals surface area contributed by atoms with Crippen LogP contribution in [-0.4, -0.2) is 33.8 Å². The van der Waals surface area contributed by atoms with Gasteiger partial charge in [-0.3, -0.25) is 19.6 Å². The third kappa shape index (κ3) is 4.35. The van der Waals surface area contributed by atoms with Gasteiger partial charge in [-0.2, -0.15) is 5.10 Å². The zero-order valence-corrected chi connectivity index (χ0v) is 17.3. The van der Waals surface area contributed by atoms with E-state index in [0.717, 1.165) is 12.0 Å². The molecule has 1 amide bonds. The summed E-state index contributed by atoms with van der Waals surface area (Å²) in [5.74, 6) is 1.04. The highest BCUT2D eigenvalue weighted by Crippen LogP contribution is 2.32. The number of anilines is 1. The average molecular weight is 422 g/mol. The molecule has 2 heterocycles. The Labute approximate surface area is 178 Å². The SMILES string of the molecule is Cc1nn(Cc2ccc(C(=O)Nc3ccc4c(c3)OCCCO4)cc2)c(C)c1[N+](=O)[O-]. The van der Waals surface area contributed by atoms with Gasteiger partial charge in [0, 0.05) is 23.7 Å². The number of ether oxygens (including phenoxy) is 2. The Kier molecular flexibility index (Phi) is 5.57. The van der Waals surface area contributed by atoms with E-state index in [4.69, 9.17) is 9.47 Å². The van der Waals surface area contributed by atoms with Crippen molar-refractivity contribution in [1.82, 2.24) is 9.78 Å². The molecule has 2 aromatic carbocycles. The summed E-state index contributed by atoms with van der Waals surface area (Å²) in [6, 6.07) is 12.4. The Balaban J connectivity index is 1.45. The van der Waals surface area contributed by atoms with Crippen molar-refractivity contribution in [3.05, 3.63) is 75.1 Å². The third-order valence-corrected chi connectivity index (χ3v) is 5.08. The molecule has 4 rings (SSSR count). The molecule has 3 aromatic rings. The van der Waals surface area contributed by atoms with Crippen LogP contribution in [0, 0.1) is 24.0 Å². The van der Waals surface area contributed by atoms with E-state index in [9.17, 15) is 14.9 Å². The lowest BCUT2D eigenvalue weighted by Crippen LogP contribution is -2.12. The number of carbonyl (C=O) groups is 1. The van der Waals surface area contributed by atoms with Crippen LogP contribution in [0.1, 0.15) is 33.7 Å². The average Bonchev–Trinajstić information content (AvgIpc) is 2.90. The molecule has 1 N–H and O–H groups in total. The molecule has 160 valence electrons. The summed E-state index contributed by atoms with van der Waals surface area (Å²) < 4.78 is 12.9. The minimum atomic E-state index is -0.415. The molecule has 0 saturated heterocycles. The molecule has 9 nitrogen and oxygen atoms in total. The Bertz CT molecular complexity index is 1140.